The van der Waals surface area contributed by atoms with Gasteiger partial charge in [-0.05, 0) is 19.1 Å². The summed E-state index contributed by atoms with van der Waals surface area (Å²) in [5.41, 5.74) is 6.85. The minimum Gasteiger partial charge on any atom is -0.396 e. The maximum atomic E-state index is 12.0. The van der Waals surface area contributed by atoms with Gasteiger partial charge < -0.3 is 11.1 Å². The molecule has 1 fully saturated rings. The van der Waals surface area contributed by atoms with Crippen LogP contribution < -0.4 is 11.1 Å². The Hall–Kier alpha value is -0.680. The second-order valence-corrected chi connectivity index (χ2v) is 7.51. The van der Waals surface area contributed by atoms with Crippen molar-refractivity contribution in [1.29, 1.82) is 0 Å². The Morgan fingerprint density at radius 2 is 1.90 bits per heavy atom. The van der Waals surface area contributed by atoms with E-state index in [9.17, 15) is 4.79 Å². The monoisotopic (exact) mass is 326 g/mol. The maximum absolute atomic E-state index is 12.0. The molecule has 1 aromatic rings. The SMILES string of the molecule is CCC(=O)c1sc(NC2CCCCCCC2)c(SC)c1N. The lowest BCUT2D eigenvalue weighted by molar-refractivity contribution is 0.0992. The fourth-order valence-corrected chi connectivity index (χ4v) is 4.99. The first-order valence-electron chi connectivity index (χ1n) is 7.93. The fourth-order valence-electron chi connectivity index (χ4n) is 2.88. The molecule has 1 saturated carbocycles. The van der Waals surface area contributed by atoms with E-state index in [1.54, 1.807) is 23.1 Å². The number of nitrogen functional groups attached to an aromatic ring is 1. The summed E-state index contributed by atoms with van der Waals surface area (Å²) in [5, 5.41) is 4.77. The second-order valence-electron chi connectivity index (χ2n) is 5.67. The minimum absolute atomic E-state index is 0.151. The number of Topliss-reactive ketones (excluding diaryl/α,β-unsaturated/α-hetero) is 1. The van der Waals surface area contributed by atoms with Crippen molar-refractivity contribution in [2.75, 3.05) is 17.3 Å². The molecule has 3 N–H and O–H groups in total. The van der Waals surface area contributed by atoms with Crippen molar-refractivity contribution in [3.05, 3.63) is 4.88 Å². The molecule has 1 heterocycles. The Labute approximate surface area is 136 Å². The van der Waals surface area contributed by atoms with Crippen LogP contribution in [0.1, 0.15) is 68.0 Å². The van der Waals surface area contributed by atoms with Crippen molar-refractivity contribution in [2.24, 2.45) is 0 Å². The van der Waals surface area contributed by atoms with Gasteiger partial charge in [0.25, 0.3) is 0 Å². The van der Waals surface area contributed by atoms with Crippen molar-refractivity contribution in [2.45, 2.75) is 69.2 Å². The lowest BCUT2D eigenvalue weighted by Crippen LogP contribution is -2.20. The highest BCUT2D eigenvalue weighted by molar-refractivity contribution is 7.99. The van der Waals surface area contributed by atoms with E-state index in [1.807, 2.05) is 13.2 Å². The quantitative estimate of drug-likeness (QED) is 0.579. The van der Waals surface area contributed by atoms with Crippen LogP contribution in [-0.4, -0.2) is 18.1 Å². The zero-order valence-corrected chi connectivity index (χ0v) is 14.7. The number of nitrogens with two attached hydrogens (primary N) is 1. The first-order chi connectivity index (χ1) is 10.2. The number of nitrogens with one attached hydrogen (secondary N) is 1. The highest BCUT2D eigenvalue weighted by Crippen LogP contribution is 2.43. The minimum atomic E-state index is 0.151. The number of hydrogen-bond donors (Lipinski definition) is 2. The Kier molecular flexibility index (Phi) is 6.42. The number of hydrogen-bond acceptors (Lipinski definition) is 5. The molecule has 1 aliphatic rings. The Bertz CT molecular complexity index is 477. The van der Waals surface area contributed by atoms with E-state index in [-0.39, 0.29) is 5.78 Å². The van der Waals surface area contributed by atoms with E-state index in [2.05, 4.69) is 5.32 Å². The predicted molar refractivity (Wildman–Crippen MR) is 94.9 cm³/mol. The molecule has 0 radical (unpaired) electrons. The molecule has 0 aromatic carbocycles. The Balaban J connectivity index is 2.16. The molecule has 0 bridgehead atoms. The zero-order valence-electron chi connectivity index (χ0n) is 13.0. The van der Waals surface area contributed by atoms with Crippen LogP contribution in [0.25, 0.3) is 0 Å². The highest BCUT2D eigenvalue weighted by atomic mass is 32.2. The third-order valence-electron chi connectivity index (χ3n) is 4.12. The molecule has 118 valence electrons. The summed E-state index contributed by atoms with van der Waals surface area (Å²) >= 11 is 3.18. The van der Waals surface area contributed by atoms with Gasteiger partial charge in [-0.2, -0.15) is 0 Å². The van der Waals surface area contributed by atoms with Crippen LogP contribution in [0.2, 0.25) is 0 Å². The molecule has 5 heteroatoms. The van der Waals surface area contributed by atoms with Gasteiger partial charge in [-0.1, -0.05) is 39.0 Å². The van der Waals surface area contributed by atoms with E-state index in [1.165, 1.54) is 44.9 Å². The third kappa shape index (κ3) is 4.16. The normalized spacial score (nSPS) is 17.2. The molecule has 1 aromatic heterocycles. The molecular formula is C16H26N2OS2. The molecule has 3 nitrogen and oxygen atoms in total. The molecule has 0 spiro atoms. The van der Waals surface area contributed by atoms with Crippen LogP contribution in [0.5, 0.6) is 0 Å². The van der Waals surface area contributed by atoms with Crippen molar-refractivity contribution < 1.29 is 4.79 Å². The summed E-state index contributed by atoms with van der Waals surface area (Å²) in [5.74, 6) is 0.151. The van der Waals surface area contributed by atoms with Crippen LogP contribution in [0, 0.1) is 0 Å². The van der Waals surface area contributed by atoms with Crippen LogP contribution in [0.15, 0.2) is 4.90 Å². The van der Waals surface area contributed by atoms with E-state index >= 15 is 0 Å². The number of thioether (sulfide) groups is 1. The van der Waals surface area contributed by atoms with E-state index < -0.39 is 0 Å². The van der Waals surface area contributed by atoms with Crippen LogP contribution in [-0.2, 0) is 0 Å². The summed E-state index contributed by atoms with van der Waals surface area (Å²) in [6.07, 6.45) is 11.7. The van der Waals surface area contributed by atoms with Gasteiger partial charge in [0.15, 0.2) is 5.78 Å². The molecule has 0 unspecified atom stereocenters. The fraction of sp³-hybridized carbons (Fsp3) is 0.688. The average molecular weight is 327 g/mol. The Morgan fingerprint density at radius 1 is 1.29 bits per heavy atom. The molecule has 0 amide bonds. The largest absolute Gasteiger partial charge is 0.396 e. The summed E-state index contributed by atoms with van der Waals surface area (Å²) in [7, 11) is 0. The number of rotatable bonds is 5. The van der Waals surface area contributed by atoms with Crippen LogP contribution in [0.4, 0.5) is 10.7 Å². The predicted octanol–water partition coefficient (Wildman–Crippen LogP) is 5.17. The number of carbonyl (C=O) groups excluding carboxylic acids is 1. The molecular weight excluding hydrogens is 300 g/mol. The summed E-state index contributed by atoms with van der Waals surface area (Å²) < 4.78 is 0. The standard InChI is InChI=1S/C16H26N2OS2/c1-3-12(19)14-13(17)15(20-2)16(21-14)18-11-9-7-5-4-6-8-10-11/h11,18H,3-10,17H2,1-2H3. The highest BCUT2D eigenvalue weighted by Gasteiger charge is 2.21. The lowest BCUT2D eigenvalue weighted by Gasteiger charge is -2.21. The van der Waals surface area contributed by atoms with Gasteiger partial charge in [-0.25, -0.2) is 0 Å². The number of thiophene rings is 1. The summed E-state index contributed by atoms with van der Waals surface area (Å²) in [6.45, 7) is 1.89. The van der Waals surface area contributed by atoms with Gasteiger partial charge in [0.05, 0.1) is 15.5 Å². The molecule has 0 aliphatic heterocycles. The molecule has 2 rings (SSSR count). The number of ketones is 1. The lowest BCUT2D eigenvalue weighted by atomic mass is 9.97. The zero-order chi connectivity index (χ0) is 15.2. The van der Waals surface area contributed by atoms with Gasteiger partial charge in [-0.3, -0.25) is 4.79 Å². The molecule has 1 aliphatic carbocycles. The summed E-state index contributed by atoms with van der Waals surface area (Å²) in [6, 6.07) is 0.527. The van der Waals surface area contributed by atoms with Gasteiger partial charge in [0, 0.05) is 12.5 Å². The average Bonchev–Trinajstić information content (AvgIpc) is 2.76. The van der Waals surface area contributed by atoms with Crippen molar-refractivity contribution in [3.8, 4) is 0 Å². The third-order valence-corrected chi connectivity index (χ3v) is 6.26. The van der Waals surface area contributed by atoms with Crippen molar-refractivity contribution in [1.82, 2.24) is 0 Å². The summed E-state index contributed by atoms with van der Waals surface area (Å²) in [4.78, 5) is 13.8. The van der Waals surface area contributed by atoms with E-state index in [4.69, 9.17) is 5.73 Å². The van der Waals surface area contributed by atoms with Crippen molar-refractivity contribution >= 4 is 39.6 Å². The van der Waals surface area contributed by atoms with Crippen LogP contribution >= 0.6 is 23.1 Å². The molecule has 0 saturated heterocycles. The van der Waals surface area contributed by atoms with Gasteiger partial charge in [0.2, 0.25) is 0 Å². The van der Waals surface area contributed by atoms with Gasteiger partial charge >= 0.3 is 0 Å². The van der Waals surface area contributed by atoms with Crippen molar-refractivity contribution in [3.63, 3.8) is 0 Å². The van der Waals surface area contributed by atoms with Gasteiger partial charge in [-0.15, -0.1) is 23.1 Å². The van der Waals surface area contributed by atoms with Crippen LogP contribution in [0.3, 0.4) is 0 Å². The first kappa shape index (κ1) is 16.7. The second kappa shape index (κ2) is 8.08. The first-order valence-corrected chi connectivity index (χ1v) is 9.97. The van der Waals surface area contributed by atoms with E-state index in [0.717, 1.165) is 14.8 Å². The number of anilines is 2. The molecule has 0 atom stereocenters. The topological polar surface area (TPSA) is 55.1 Å². The number of carbonyl (C=O) groups is 1. The van der Waals surface area contributed by atoms with Gasteiger partial charge in [0.1, 0.15) is 5.00 Å². The maximum Gasteiger partial charge on any atom is 0.174 e. The van der Waals surface area contributed by atoms with E-state index in [0.29, 0.717) is 18.2 Å². The smallest absolute Gasteiger partial charge is 0.174 e. The Morgan fingerprint density at radius 3 is 2.48 bits per heavy atom. The molecule has 21 heavy (non-hydrogen) atoms.